The lowest BCUT2D eigenvalue weighted by molar-refractivity contribution is -0.384. The maximum atomic E-state index is 14.0. The highest BCUT2D eigenvalue weighted by atomic mass is 32.2. The molecule has 2 aliphatic heterocycles. The van der Waals surface area contributed by atoms with Crippen molar-refractivity contribution < 1.29 is 23.6 Å². The Hall–Kier alpha value is -3.44. The van der Waals surface area contributed by atoms with Gasteiger partial charge >= 0.3 is 5.97 Å². The molecule has 1 amide bonds. The van der Waals surface area contributed by atoms with E-state index in [9.17, 15) is 24.1 Å². The van der Waals surface area contributed by atoms with Crippen LogP contribution in [0.4, 0.5) is 10.1 Å². The third-order valence-electron chi connectivity index (χ3n) is 6.10. The average Bonchev–Trinajstić information content (AvgIpc) is 2.82. The smallest absolute Gasteiger partial charge is 0.336 e. The van der Waals surface area contributed by atoms with E-state index in [1.165, 1.54) is 30.0 Å². The van der Waals surface area contributed by atoms with Crippen molar-refractivity contribution in [3.8, 4) is 0 Å². The number of rotatable bonds is 7. The number of carbonyl (C=O) groups is 2. The number of amides is 1. The van der Waals surface area contributed by atoms with Gasteiger partial charge < -0.3 is 15.4 Å². The summed E-state index contributed by atoms with van der Waals surface area (Å²) in [6.07, 6.45) is -0.904. The van der Waals surface area contributed by atoms with E-state index in [1.807, 2.05) is 0 Å². The summed E-state index contributed by atoms with van der Waals surface area (Å²) < 4.78 is 19.5. The molecule has 2 aromatic rings. The second kappa shape index (κ2) is 10.7. The van der Waals surface area contributed by atoms with Gasteiger partial charge in [0.2, 0.25) is 5.91 Å². The summed E-state index contributed by atoms with van der Waals surface area (Å²) in [6.45, 7) is 5.21. The van der Waals surface area contributed by atoms with Gasteiger partial charge in [-0.05, 0) is 38.0 Å². The summed E-state index contributed by atoms with van der Waals surface area (Å²) in [5, 5.41) is 20.6. The SMILES string of the molecule is CC1=C(C(=O)OC(C)C)C(c2ccc([N+](=O)[O-])cc2)C2C(=O)NC(SCc3ccccc3F)NC2N1. The Labute approximate surface area is 212 Å². The quantitative estimate of drug-likeness (QED) is 0.291. The van der Waals surface area contributed by atoms with Crippen molar-refractivity contribution in [2.24, 2.45) is 5.92 Å². The zero-order valence-corrected chi connectivity index (χ0v) is 20.8. The number of allylic oxidation sites excluding steroid dienone is 1. The van der Waals surface area contributed by atoms with Gasteiger partial charge in [-0.15, -0.1) is 11.8 Å². The Morgan fingerprint density at radius 3 is 2.50 bits per heavy atom. The van der Waals surface area contributed by atoms with Gasteiger partial charge in [-0.1, -0.05) is 30.3 Å². The number of nitrogens with one attached hydrogen (secondary N) is 3. The summed E-state index contributed by atoms with van der Waals surface area (Å²) in [7, 11) is 0. The van der Waals surface area contributed by atoms with E-state index in [0.717, 1.165) is 0 Å². The van der Waals surface area contributed by atoms with Crippen molar-refractivity contribution in [1.82, 2.24) is 16.0 Å². The molecule has 4 rings (SSSR count). The molecule has 4 unspecified atom stereocenters. The van der Waals surface area contributed by atoms with Crippen LogP contribution in [0.2, 0.25) is 0 Å². The van der Waals surface area contributed by atoms with Crippen LogP contribution in [0.5, 0.6) is 0 Å². The minimum Gasteiger partial charge on any atom is -0.460 e. The van der Waals surface area contributed by atoms with Gasteiger partial charge in [0.25, 0.3) is 5.69 Å². The van der Waals surface area contributed by atoms with Crippen LogP contribution in [0.1, 0.15) is 37.8 Å². The molecule has 0 saturated carbocycles. The molecule has 9 nitrogen and oxygen atoms in total. The van der Waals surface area contributed by atoms with Crippen molar-refractivity contribution in [2.75, 3.05) is 0 Å². The van der Waals surface area contributed by atoms with Gasteiger partial charge in [0, 0.05) is 29.5 Å². The van der Waals surface area contributed by atoms with Gasteiger partial charge in [-0.25, -0.2) is 9.18 Å². The fourth-order valence-corrected chi connectivity index (χ4v) is 5.52. The molecule has 0 aromatic heterocycles. The number of nitrogens with zero attached hydrogens (tertiary/aromatic N) is 1. The predicted molar refractivity (Wildman–Crippen MR) is 133 cm³/mol. The molecule has 11 heteroatoms. The number of esters is 1. The lowest BCUT2D eigenvalue weighted by atomic mass is 9.74. The lowest BCUT2D eigenvalue weighted by Gasteiger charge is -2.45. The lowest BCUT2D eigenvalue weighted by Crippen LogP contribution is -2.67. The standard InChI is InChI=1S/C25H27FN4O5S/c1-13(2)35-24(32)19-14(3)27-22-21(20(19)15-8-10-17(11-9-15)30(33)34)23(31)29-25(28-22)36-12-16-6-4-5-7-18(16)26/h4-11,13,20-22,25,27-28H,12H2,1-3H3,(H,29,31). The molecule has 0 radical (unpaired) electrons. The van der Waals surface area contributed by atoms with E-state index in [1.54, 1.807) is 51.1 Å². The molecule has 190 valence electrons. The normalized spacial score (nSPS) is 23.5. The van der Waals surface area contributed by atoms with Gasteiger partial charge in [0.1, 0.15) is 11.3 Å². The number of hydrogen-bond donors (Lipinski definition) is 3. The topological polar surface area (TPSA) is 123 Å². The third kappa shape index (κ3) is 5.36. The number of nitro benzene ring substituents is 1. The summed E-state index contributed by atoms with van der Waals surface area (Å²) in [4.78, 5) is 37.2. The number of carbonyl (C=O) groups excluding carboxylic acids is 2. The first-order valence-corrected chi connectivity index (χ1v) is 12.5. The number of nitro groups is 1. The number of ether oxygens (including phenoxy) is 1. The van der Waals surface area contributed by atoms with Crippen LogP contribution in [-0.2, 0) is 20.1 Å². The third-order valence-corrected chi connectivity index (χ3v) is 7.17. The van der Waals surface area contributed by atoms with E-state index in [0.29, 0.717) is 28.1 Å². The van der Waals surface area contributed by atoms with Crippen LogP contribution in [0.25, 0.3) is 0 Å². The van der Waals surface area contributed by atoms with Crippen molar-refractivity contribution in [2.45, 2.75) is 50.2 Å². The minimum atomic E-state index is -0.741. The zero-order valence-electron chi connectivity index (χ0n) is 20.0. The molecule has 2 aromatic carbocycles. The van der Waals surface area contributed by atoms with E-state index in [4.69, 9.17) is 4.74 Å². The molecule has 2 heterocycles. The number of halogens is 1. The highest BCUT2D eigenvalue weighted by molar-refractivity contribution is 7.99. The van der Waals surface area contributed by atoms with E-state index in [-0.39, 0.29) is 23.5 Å². The summed E-state index contributed by atoms with van der Waals surface area (Å²) in [5.41, 5.74) is 1.36. The summed E-state index contributed by atoms with van der Waals surface area (Å²) >= 11 is 1.34. The number of non-ortho nitro benzene ring substituents is 1. The molecule has 2 aliphatic rings. The molecule has 1 saturated heterocycles. The second-order valence-corrected chi connectivity index (χ2v) is 10.0. The van der Waals surface area contributed by atoms with E-state index < -0.39 is 34.4 Å². The Balaban J connectivity index is 1.64. The molecule has 0 bridgehead atoms. The molecule has 36 heavy (non-hydrogen) atoms. The van der Waals surface area contributed by atoms with Gasteiger partial charge in [-0.2, -0.15) is 0 Å². The maximum absolute atomic E-state index is 14.0. The Morgan fingerprint density at radius 2 is 1.86 bits per heavy atom. The second-order valence-electron chi connectivity index (χ2n) is 8.92. The van der Waals surface area contributed by atoms with Crippen LogP contribution < -0.4 is 16.0 Å². The van der Waals surface area contributed by atoms with Crippen molar-refractivity contribution in [3.63, 3.8) is 0 Å². The number of fused-ring (bicyclic) bond motifs is 1. The molecule has 3 N–H and O–H groups in total. The number of hydrogen-bond acceptors (Lipinski definition) is 8. The first-order valence-electron chi connectivity index (χ1n) is 11.5. The highest BCUT2D eigenvalue weighted by Crippen LogP contribution is 2.41. The number of thioether (sulfide) groups is 1. The molecule has 4 atom stereocenters. The fraction of sp³-hybridized carbons (Fsp3) is 0.360. The van der Waals surface area contributed by atoms with Gasteiger partial charge in [0.15, 0.2) is 0 Å². The molecule has 0 aliphatic carbocycles. The zero-order chi connectivity index (χ0) is 26.0. The van der Waals surface area contributed by atoms with E-state index in [2.05, 4.69) is 16.0 Å². The van der Waals surface area contributed by atoms with Gasteiger partial charge in [-0.3, -0.25) is 20.2 Å². The van der Waals surface area contributed by atoms with E-state index >= 15 is 0 Å². The Bertz CT molecular complexity index is 1200. The summed E-state index contributed by atoms with van der Waals surface area (Å²) in [5.74, 6) is -2.27. The summed E-state index contributed by atoms with van der Waals surface area (Å²) in [6, 6.07) is 12.3. The van der Waals surface area contributed by atoms with Crippen LogP contribution in [0.3, 0.4) is 0 Å². The largest absolute Gasteiger partial charge is 0.460 e. The van der Waals surface area contributed by atoms with Crippen molar-refractivity contribution in [3.05, 3.63) is 86.9 Å². The van der Waals surface area contributed by atoms with Crippen molar-refractivity contribution >= 4 is 29.3 Å². The maximum Gasteiger partial charge on any atom is 0.336 e. The van der Waals surface area contributed by atoms with Gasteiger partial charge in [0.05, 0.1) is 28.7 Å². The Morgan fingerprint density at radius 1 is 1.17 bits per heavy atom. The first kappa shape index (κ1) is 25.6. The predicted octanol–water partition coefficient (Wildman–Crippen LogP) is 3.53. The monoisotopic (exact) mass is 514 g/mol. The molecular weight excluding hydrogens is 487 g/mol. The van der Waals surface area contributed by atoms with Crippen LogP contribution in [0, 0.1) is 21.8 Å². The van der Waals surface area contributed by atoms with Crippen molar-refractivity contribution in [1.29, 1.82) is 0 Å². The molecule has 0 spiro atoms. The van der Waals surface area contributed by atoms with Crippen LogP contribution in [0.15, 0.2) is 59.8 Å². The van der Waals surface area contributed by atoms with Crippen LogP contribution >= 0.6 is 11.8 Å². The Kier molecular flexibility index (Phi) is 7.60. The molecule has 1 fully saturated rings. The molecular formula is C25H27FN4O5S. The minimum absolute atomic E-state index is 0.0907. The number of benzene rings is 2. The highest BCUT2D eigenvalue weighted by Gasteiger charge is 2.48. The average molecular weight is 515 g/mol. The fourth-order valence-electron chi connectivity index (χ4n) is 4.50. The van der Waals surface area contributed by atoms with Crippen LogP contribution in [-0.4, -0.2) is 34.6 Å². The first-order chi connectivity index (χ1) is 17.2.